The first-order valence-corrected chi connectivity index (χ1v) is 34.2. The monoisotopic (exact) mass is 1400 g/mol. The lowest BCUT2D eigenvalue weighted by Crippen LogP contribution is -2.59. The van der Waals surface area contributed by atoms with Gasteiger partial charge in [0.1, 0.15) is 48.1 Å². The zero-order valence-electron chi connectivity index (χ0n) is 59.0. The minimum Gasteiger partial charge on any atom is -0.354 e. The fourth-order valence-electron chi connectivity index (χ4n) is 12.6. The van der Waals surface area contributed by atoms with Crippen LogP contribution in [0.15, 0.2) is 42.5 Å². The van der Waals surface area contributed by atoms with Gasteiger partial charge in [0, 0.05) is 88.4 Å². The van der Waals surface area contributed by atoms with Gasteiger partial charge in [0.25, 0.3) is 0 Å². The third kappa shape index (κ3) is 22.0. The van der Waals surface area contributed by atoms with Gasteiger partial charge in [0.2, 0.25) is 70.9 Å². The van der Waals surface area contributed by atoms with Crippen molar-refractivity contribution in [1.29, 1.82) is 0 Å². The predicted molar refractivity (Wildman–Crippen MR) is 358 cm³/mol. The number of amides is 12. The van der Waals surface area contributed by atoms with E-state index in [-0.39, 0.29) is 81.5 Å². The molecular weight excluding hydrogens is 1300 g/mol. The number of hydrogen-bond acceptors (Lipinski definition) is 12. The van der Waals surface area contributed by atoms with Gasteiger partial charge in [-0.2, -0.15) is 13.2 Å². The van der Waals surface area contributed by atoms with Crippen LogP contribution in [0.3, 0.4) is 0 Å². The van der Waals surface area contributed by atoms with Gasteiger partial charge >= 0.3 is 6.18 Å². The van der Waals surface area contributed by atoms with E-state index in [1.54, 1.807) is 32.6 Å². The summed E-state index contributed by atoms with van der Waals surface area (Å²) in [4.78, 5) is 184. The first kappa shape index (κ1) is 80.8. The minimum absolute atomic E-state index is 0.0605. The van der Waals surface area contributed by atoms with E-state index in [1.807, 2.05) is 13.8 Å². The van der Waals surface area contributed by atoms with E-state index in [0.29, 0.717) is 38.8 Å². The maximum Gasteiger partial charge on any atom is 0.417 e. The lowest BCUT2D eigenvalue weighted by molar-refractivity contribution is -0.154. The predicted octanol–water partition coefficient (Wildman–Crippen LogP) is 4.77. The number of hydrogen-bond donors (Lipinski definition) is 3. The first-order chi connectivity index (χ1) is 46.0. The van der Waals surface area contributed by atoms with Gasteiger partial charge in [-0.05, 0) is 117 Å². The van der Waals surface area contributed by atoms with E-state index in [9.17, 15) is 75.1 Å². The Hall–Kier alpha value is -7.91. The Morgan fingerprint density at radius 1 is 0.633 bits per heavy atom. The number of alkyl halides is 3. The van der Waals surface area contributed by atoms with E-state index in [1.165, 1.54) is 93.2 Å². The molecule has 2 aromatic rings. The van der Waals surface area contributed by atoms with Crippen molar-refractivity contribution < 1.29 is 75.1 Å². The van der Waals surface area contributed by atoms with Crippen molar-refractivity contribution in [2.45, 2.75) is 180 Å². The summed E-state index contributed by atoms with van der Waals surface area (Å²) in [5, 5.41) is 7.76. The van der Waals surface area contributed by atoms with Crippen LogP contribution >= 0.6 is 11.6 Å². The summed E-state index contributed by atoms with van der Waals surface area (Å²) in [5.41, 5.74) is -0.530. The summed E-state index contributed by atoms with van der Waals surface area (Å²) in [7, 11) is 9.48. The van der Waals surface area contributed by atoms with Crippen LogP contribution in [-0.2, 0) is 76.6 Å². The summed E-state index contributed by atoms with van der Waals surface area (Å²) < 4.78 is 55.9. The second-order valence-electron chi connectivity index (χ2n) is 27.2. The number of benzene rings is 2. The molecule has 98 heavy (non-hydrogen) atoms. The molecule has 0 radical (unpaired) electrons. The van der Waals surface area contributed by atoms with Gasteiger partial charge in [0.05, 0.1) is 36.6 Å². The maximum atomic E-state index is 14.9. The fourth-order valence-corrected chi connectivity index (χ4v) is 12.9. The van der Waals surface area contributed by atoms with Gasteiger partial charge in [-0.25, -0.2) is 4.39 Å². The van der Waals surface area contributed by atoms with Gasteiger partial charge in [-0.3, -0.25) is 57.5 Å². The van der Waals surface area contributed by atoms with E-state index >= 15 is 0 Å². The number of nitrogens with zero attached hydrogens (tertiary/aromatic N) is 9. The Bertz CT molecular complexity index is 3190. The Balaban J connectivity index is 1.52. The van der Waals surface area contributed by atoms with Gasteiger partial charge < -0.3 is 60.0 Å². The van der Waals surface area contributed by atoms with Crippen LogP contribution in [0.1, 0.15) is 135 Å². The van der Waals surface area contributed by atoms with Crippen LogP contribution in [0.2, 0.25) is 5.02 Å². The number of nitrogens with one attached hydrogen (secondary N) is 3. The van der Waals surface area contributed by atoms with Crippen LogP contribution in [0.5, 0.6) is 0 Å². The summed E-state index contributed by atoms with van der Waals surface area (Å²) in [5.74, 6) is -9.89. The highest BCUT2D eigenvalue weighted by molar-refractivity contribution is 6.31. The van der Waals surface area contributed by atoms with Crippen molar-refractivity contribution in [3.8, 4) is 0 Å². The van der Waals surface area contributed by atoms with Crippen molar-refractivity contribution >= 4 is 82.5 Å². The standard InChI is InChI=1S/C69H101ClF4N12O12/c1-14-44(6)60-67(97)80(9)40-58(90)78(7)41-59(91)82(11)53(37-46-22-20-23-47(71)35-46)65(95)79(8)39-55(87)76-50(29-27-45-26-28-48(49(70)36-45)69(72,73)74)64(94)86-33-21-24-51(86)62(92)75-30-17-16-25-56(88)84(13)61(43(4)5)68(98)83(12)54(66(96)85-31-18-15-19-32-85)38-57(89)81(10)52(34-42(2)3)63(93)77-60/h20,22-23,26,28,35-36,42-44,50-54,60-61H,14-19,21,24-25,27,29-34,37-41H2,1-13H3,(H,75,92)(H,76,87)(H,77,93)/t44-,50-,51-,52-,53-,54-,60-,61-/m0/s1. The second kappa shape index (κ2) is 36.8. The molecule has 3 aliphatic rings. The van der Waals surface area contributed by atoms with Crippen molar-refractivity contribution in [2.75, 3.05) is 95.1 Å². The molecule has 29 heteroatoms. The molecule has 5 rings (SSSR count). The van der Waals surface area contributed by atoms with E-state index in [0.717, 1.165) is 44.2 Å². The molecule has 12 amide bonds. The fraction of sp³-hybridized carbons (Fsp3) is 0.652. The molecule has 3 heterocycles. The van der Waals surface area contributed by atoms with Crippen LogP contribution in [-0.4, -0.2) is 252 Å². The highest BCUT2D eigenvalue weighted by Gasteiger charge is 2.43. The van der Waals surface area contributed by atoms with Gasteiger partial charge in [-0.15, -0.1) is 0 Å². The third-order valence-corrected chi connectivity index (χ3v) is 19.2. The van der Waals surface area contributed by atoms with Gasteiger partial charge in [-0.1, -0.05) is 77.8 Å². The normalized spacial score (nSPS) is 24.1. The molecule has 2 aromatic carbocycles. The molecule has 0 unspecified atom stereocenters. The zero-order valence-corrected chi connectivity index (χ0v) is 59.7. The van der Waals surface area contributed by atoms with Crippen LogP contribution < -0.4 is 16.0 Å². The highest BCUT2D eigenvalue weighted by atomic mass is 35.5. The number of carbonyl (C=O) groups excluding carboxylic acids is 12. The van der Waals surface area contributed by atoms with Crippen molar-refractivity contribution in [3.63, 3.8) is 0 Å². The lowest BCUT2D eigenvalue weighted by atomic mass is 9.95. The Morgan fingerprint density at radius 2 is 1.28 bits per heavy atom. The summed E-state index contributed by atoms with van der Waals surface area (Å²) in [6, 6.07) is -0.476. The summed E-state index contributed by atoms with van der Waals surface area (Å²) in [6.07, 6.45) is -2.10. The van der Waals surface area contributed by atoms with E-state index < -0.39 is 174 Å². The topological polar surface area (TPSA) is 270 Å². The molecule has 0 aromatic heterocycles. The van der Waals surface area contributed by atoms with E-state index in [4.69, 9.17) is 11.6 Å². The first-order valence-electron chi connectivity index (χ1n) is 33.8. The number of aryl methyl sites for hydroxylation is 1. The molecule has 3 saturated heterocycles. The number of piperidine rings is 1. The second-order valence-corrected chi connectivity index (χ2v) is 27.6. The molecule has 0 aliphatic carbocycles. The highest BCUT2D eigenvalue weighted by Crippen LogP contribution is 2.35. The average molecular weight is 1400 g/mol. The van der Waals surface area contributed by atoms with Crippen LogP contribution in [0, 0.1) is 23.6 Å². The molecule has 24 nitrogen and oxygen atoms in total. The number of likely N-dealkylation sites (N-methyl/N-ethyl adjacent to an activating group) is 7. The summed E-state index contributed by atoms with van der Waals surface area (Å²) in [6.45, 7) is 9.64. The molecule has 0 bridgehead atoms. The zero-order chi connectivity index (χ0) is 73.2. The Labute approximate surface area is 578 Å². The number of carbonyl (C=O) groups is 12. The Morgan fingerprint density at radius 3 is 1.89 bits per heavy atom. The lowest BCUT2D eigenvalue weighted by Gasteiger charge is -2.39. The third-order valence-electron chi connectivity index (χ3n) is 18.9. The minimum atomic E-state index is -4.76. The van der Waals surface area contributed by atoms with Crippen LogP contribution in [0.25, 0.3) is 0 Å². The average Bonchev–Trinajstić information content (AvgIpc) is 1.59. The molecule has 3 fully saturated rings. The number of fused-ring (bicyclic) bond motifs is 1. The quantitative estimate of drug-likeness (QED) is 0.257. The van der Waals surface area contributed by atoms with E-state index in [2.05, 4.69) is 16.0 Å². The smallest absolute Gasteiger partial charge is 0.354 e. The molecular formula is C69H101ClF4N12O12. The number of likely N-dealkylation sites (tertiary alicyclic amines) is 1. The largest absolute Gasteiger partial charge is 0.417 e. The molecule has 544 valence electrons. The van der Waals surface area contributed by atoms with Crippen LogP contribution in [0.4, 0.5) is 17.6 Å². The number of rotatable bonds is 11. The molecule has 3 N–H and O–H groups in total. The maximum absolute atomic E-state index is 14.9. The molecule has 8 atom stereocenters. The SMILES string of the molecule is CC[C@H](C)[C@@H]1NC(=O)[C@H](CC(C)C)N(C)C(=O)C[C@@H](C(=O)N2CCCCC2)N(C)C(=O)[C@H](C(C)C)N(C)C(=O)CCCCNC(=O)[C@@H]2CCCN2C(=O)[C@H](CCc2ccc(C(F)(F)F)c(Cl)c2)NC(=O)CN(C)C(=O)[C@H](Cc2cccc(F)c2)N(C)C(=O)CN(C)C(=O)CN(C)C1=O. The molecule has 0 saturated carbocycles. The van der Waals surface area contributed by atoms with Crippen molar-refractivity contribution in [1.82, 2.24) is 60.0 Å². The molecule has 0 spiro atoms. The van der Waals surface area contributed by atoms with Crippen molar-refractivity contribution in [3.05, 3.63) is 70.0 Å². The van der Waals surface area contributed by atoms with Crippen molar-refractivity contribution in [2.24, 2.45) is 17.8 Å². The summed E-state index contributed by atoms with van der Waals surface area (Å²) >= 11 is 6.07. The van der Waals surface area contributed by atoms with Gasteiger partial charge in [0.15, 0.2) is 0 Å². The molecule has 3 aliphatic heterocycles. The number of halogens is 5. The Kier molecular flexibility index (Phi) is 30.3.